The van der Waals surface area contributed by atoms with Crippen LogP contribution in [0.4, 0.5) is 0 Å². The van der Waals surface area contributed by atoms with E-state index in [1.807, 2.05) is 11.3 Å². The summed E-state index contributed by atoms with van der Waals surface area (Å²) in [5, 5.41) is 5.87. The fourth-order valence-electron chi connectivity index (χ4n) is 2.19. The van der Waals surface area contributed by atoms with Crippen LogP contribution in [-0.4, -0.2) is 6.04 Å². The van der Waals surface area contributed by atoms with Crippen molar-refractivity contribution in [2.75, 3.05) is 0 Å². The Labute approximate surface area is 114 Å². The van der Waals surface area contributed by atoms with E-state index in [9.17, 15) is 0 Å². The highest BCUT2D eigenvalue weighted by Gasteiger charge is 2.12. The summed E-state index contributed by atoms with van der Waals surface area (Å²) >= 11 is 1.83. The molecule has 96 valence electrons. The van der Waals surface area contributed by atoms with E-state index in [4.69, 9.17) is 0 Å². The van der Waals surface area contributed by atoms with Gasteiger partial charge in [-0.15, -0.1) is 11.3 Å². The molecule has 1 nitrogen and oxygen atoms in total. The maximum Gasteiger partial charge on any atom is 0.0388 e. The molecule has 0 amide bonds. The van der Waals surface area contributed by atoms with E-state index in [1.54, 1.807) is 0 Å². The lowest BCUT2D eigenvalue weighted by molar-refractivity contribution is 0.444. The monoisotopic (exact) mass is 259 g/mol. The second-order valence-electron chi connectivity index (χ2n) is 4.70. The zero-order chi connectivity index (χ0) is 12.8. The molecule has 0 saturated carbocycles. The summed E-state index contributed by atoms with van der Waals surface area (Å²) in [6.07, 6.45) is 2.26. The number of hydrogen-bond donors (Lipinski definition) is 1. The predicted octanol–water partition coefficient (Wildman–Crippen LogP) is 4.42. The molecule has 0 fully saturated rings. The van der Waals surface area contributed by atoms with E-state index in [0.717, 1.165) is 12.8 Å². The molecule has 1 N–H and O–H groups in total. The summed E-state index contributed by atoms with van der Waals surface area (Å²) in [5.41, 5.74) is 1.41. The summed E-state index contributed by atoms with van der Waals surface area (Å²) in [6, 6.07) is 16.0. The van der Waals surface area contributed by atoms with Crippen molar-refractivity contribution < 1.29 is 0 Å². The van der Waals surface area contributed by atoms with Crippen molar-refractivity contribution in [1.29, 1.82) is 0 Å². The van der Waals surface area contributed by atoms with Crippen LogP contribution in [0.25, 0.3) is 0 Å². The largest absolute Gasteiger partial charge is 0.306 e. The minimum atomic E-state index is 0.443. The van der Waals surface area contributed by atoms with Crippen LogP contribution in [0.1, 0.15) is 36.8 Å². The maximum atomic E-state index is 3.73. The average Bonchev–Trinajstić information content (AvgIpc) is 2.93. The lowest BCUT2D eigenvalue weighted by Gasteiger charge is -2.21. The van der Waals surface area contributed by atoms with E-state index in [2.05, 4.69) is 67.0 Å². The first-order valence-electron chi connectivity index (χ1n) is 6.63. The molecule has 1 aromatic heterocycles. The summed E-state index contributed by atoms with van der Waals surface area (Å²) in [6.45, 7) is 4.50. The molecular formula is C16H21NS. The fraction of sp³-hybridized carbons (Fsp3) is 0.375. The van der Waals surface area contributed by atoms with Crippen LogP contribution >= 0.6 is 11.3 Å². The van der Waals surface area contributed by atoms with Crippen molar-refractivity contribution in [3.63, 3.8) is 0 Å². The van der Waals surface area contributed by atoms with Crippen molar-refractivity contribution in [3.8, 4) is 0 Å². The van der Waals surface area contributed by atoms with E-state index in [0.29, 0.717) is 12.1 Å². The van der Waals surface area contributed by atoms with Crippen LogP contribution < -0.4 is 5.32 Å². The number of thiophene rings is 1. The first-order chi connectivity index (χ1) is 8.79. The van der Waals surface area contributed by atoms with Gasteiger partial charge >= 0.3 is 0 Å². The van der Waals surface area contributed by atoms with Gasteiger partial charge in [0.2, 0.25) is 0 Å². The molecule has 0 aliphatic rings. The Bertz CT molecular complexity index is 435. The van der Waals surface area contributed by atoms with Crippen molar-refractivity contribution in [2.24, 2.45) is 0 Å². The van der Waals surface area contributed by atoms with Crippen molar-refractivity contribution >= 4 is 11.3 Å². The molecule has 1 heterocycles. The molecule has 2 atom stereocenters. The fourth-order valence-corrected chi connectivity index (χ4v) is 2.94. The Balaban J connectivity index is 1.93. The van der Waals surface area contributed by atoms with Gasteiger partial charge in [0, 0.05) is 17.0 Å². The van der Waals surface area contributed by atoms with Crippen LogP contribution in [-0.2, 0) is 6.42 Å². The number of benzene rings is 1. The zero-order valence-corrected chi connectivity index (χ0v) is 11.9. The lowest BCUT2D eigenvalue weighted by atomic mass is 10.0. The molecule has 18 heavy (non-hydrogen) atoms. The van der Waals surface area contributed by atoms with Crippen LogP contribution in [0.5, 0.6) is 0 Å². The third-order valence-electron chi connectivity index (χ3n) is 3.27. The lowest BCUT2D eigenvalue weighted by Crippen LogP contribution is -2.32. The average molecular weight is 259 g/mol. The minimum Gasteiger partial charge on any atom is -0.306 e. The molecule has 0 aliphatic heterocycles. The standard InChI is InChI=1S/C16H21NS/c1-3-15(12-14-8-5-4-6-9-14)17-13(2)16-10-7-11-18-16/h4-11,13,15,17H,3,12H2,1-2H3/t13-,15?/m1/s1. The Morgan fingerprint density at radius 1 is 1.11 bits per heavy atom. The molecule has 0 spiro atoms. The second-order valence-corrected chi connectivity index (χ2v) is 5.68. The highest BCUT2D eigenvalue weighted by Crippen LogP contribution is 2.19. The smallest absolute Gasteiger partial charge is 0.0388 e. The predicted molar refractivity (Wildman–Crippen MR) is 80.1 cm³/mol. The molecule has 1 aromatic carbocycles. The van der Waals surface area contributed by atoms with Gasteiger partial charge in [-0.05, 0) is 36.8 Å². The van der Waals surface area contributed by atoms with E-state index in [1.165, 1.54) is 10.4 Å². The summed E-state index contributed by atoms with van der Waals surface area (Å²) < 4.78 is 0. The highest BCUT2D eigenvalue weighted by molar-refractivity contribution is 7.10. The molecule has 0 bridgehead atoms. The van der Waals surface area contributed by atoms with Crippen LogP contribution in [0.3, 0.4) is 0 Å². The first-order valence-corrected chi connectivity index (χ1v) is 7.51. The number of hydrogen-bond acceptors (Lipinski definition) is 2. The van der Waals surface area contributed by atoms with Crippen LogP contribution in [0, 0.1) is 0 Å². The van der Waals surface area contributed by atoms with Gasteiger partial charge in [-0.1, -0.05) is 43.3 Å². The number of rotatable bonds is 6. The van der Waals surface area contributed by atoms with Gasteiger partial charge in [0.25, 0.3) is 0 Å². The summed E-state index contributed by atoms with van der Waals surface area (Å²) in [7, 11) is 0. The van der Waals surface area contributed by atoms with Gasteiger partial charge in [0.05, 0.1) is 0 Å². The molecule has 0 aliphatic carbocycles. The Hall–Kier alpha value is -1.12. The van der Waals surface area contributed by atoms with E-state index < -0.39 is 0 Å². The Morgan fingerprint density at radius 2 is 1.89 bits per heavy atom. The van der Waals surface area contributed by atoms with Crippen LogP contribution in [0.15, 0.2) is 47.8 Å². The quantitative estimate of drug-likeness (QED) is 0.809. The first kappa shape index (κ1) is 13.3. The molecular weight excluding hydrogens is 238 g/mol. The van der Waals surface area contributed by atoms with E-state index >= 15 is 0 Å². The zero-order valence-electron chi connectivity index (χ0n) is 11.1. The highest BCUT2D eigenvalue weighted by atomic mass is 32.1. The third-order valence-corrected chi connectivity index (χ3v) is 4.33. The topological polar surface area (TPSA) is 12.0 Å². The van der Waals surface area contributed by atoms with E-state index in [-0.39, 0.29) is 0 Å². The van der Waals surface area contributed by atoms with Crippen molar-refractivity contribution in [2.45, 2.75) is 38.8 Å². The number of nitrogens with one attached hydrogen (secondary N) is 1. The molecule has 2 heteroatoms. The molecule has 2 aromatic rings. The maximum absolute atomic E-state index is 3.73. The Morgan fingerprint density at radius 3 is 2.50 bits per heavy atom. The third kappa shape index (κ3) is 3.69. The SMILES string of the molecule is CCC(Cc1ccccc1)N[C@H](C)c1cccs1. The van der Waals surface area contributed by atoms with Crippen molar-refractivity contribution in [1.82, 2.24) is 5.32 Å². The molecule has 1 unspecified atom stereocenters. The molecule has 2 rings (SSSR count). The van der Waals surface area contributed by atoms with Gasteiger partial charge in [0.1, 0.15) is 0 Å². The van der Waals surface area contributed by atoms with Gasteiger partial charge in [-0.2, -0.15) is 0 Å². The van der Waals surface area contributed by atoms with Gasteiger partial charge in [0.15, 0.2) is 0 Å². The Kier molecular flexibility index (Phi) is 4.97. The van der Waals surface area contributed by atoms with Gasteiger partial charge < -0.3 is 5.32 Å². The van der Waals surface area contributed by atoms with Gasteiger partial charge in [-0.25, -0.2) is 0 Å². The van der Waals surface area contributed by atoms with Crippen LogP contribution in [0.2, 0.25) is 0 Å². The van der Waals surface area contributed by atoms with Crippen molar-refractivity contribution in [3.05, 3.63) is 58.3 Å². The summed E-state index contributed by atoms with van der Waals surface area (Å²) in [5.74, 6) is 0. The normalized spacial score (nSPS) is 14.3. The molecule has 0 saturated heterocycles. The minimum absolute atomic E-state index is 0.443. The molecule has 0 radical (unpaired) electrons. The van der Waals surface area contributed by atoms with Gasteiger partial charge in [-0.3, -0.25) is 0 Å². The summed E-state index contributed by atoms with van der Waals surface area (Å²) in [4.78, 5) is 1.42. The second kappa shape index (κ2) is 6.72.